The van der Waals surface area contributed by atoms with Crippen molar-refractivity contribution in [2.24, 2.45) is 0 Å². The van der Waals surface area contributed by atoms with Gasteiger partial charge < -0.3 is 14.6 Å². The second kappa shape index (κ2) is 8.22. The summed E-state index contributed by atoms with van der Waals surface area (Å²) >= 11 is 0. The van der Waals surface area contributed by atoms with Crippen LogP contribution in [0.3, 0.4) is 0 Å². The molecule has 1 amide bonds. The highest BCUT2D eigenvalue weighted by Crippen LogP contribution is 2.16. The summed E-state index contributed by atoms with van der Waals surface area (Å²) in [5.74, 6) is -1.78. The molecule has 0 aliphatic rings. The Hall–Kier alpha value is -3.55. The highest BCUT2D eigenvalue weighted by Gasteiger charge is 2.20. The van der Waals surface area contributed by atoms with Crippen LogP contribution in [0.5, 0.6) is 0 Å². The molecular weight excluding hydrogens is 377 g/mol. The maximum Gasteiger partial charge on any atom is 0.338 e. The Morgan fingerprint density at radius 2 is 2.00 bits per heavy atom. The van der Waals surface area contributed by atoms with Gasteiger partial charge in [0.1, 0.15) is 11.5 Å². The number of fused-ring (bicyclic) bond motifs is 1. The topological polar surface area (TPSA) is 90.3 Å². The molecule has 3 rings (SSSR count). The minimum Gasteiger partial charge on any atom is -0.449 e. The van der Waals surface area contributed by atoms with Gasteiger partial charge >= 0.3 is 5.97 Å². The normalized spacial score (nSPS) is 11.9. The number of anilines is 1. The molecule has 0 aliphatic carbocycles. The van der Waals surface area contributed by atoms with E-state index in [1.54, 1.807) is 17.6 Å². The molecule has 0 aliphatic heterocycles. The molecule has 150 valence electrons. The number of rotatable bonds is 5. The van der Waals surface area contributed by atoms with Crippen LogP contribution in [0.15, 0.2) is 47.3 Å². The zero-order valence-corrected chi connectivity index (χ0v) is 16.2. The van der Waals surface area contributed by atoms with E-state index in [9.17, 15) is 18.8 Å². The molecule has 3 aromatic rings. The van der Waals surface area contributed by atoms with Crippen LogP contribution >= 0.6 is 0 Å². The minimum atomic E-state index is -1.10. The summed E-state index contributed by atoms with van der Waals surface area (Å²) in [7, 11) is 0. The van der Waals surface area contributed by atoms with E-state index in [0.29, 0.717) is 23.3 Å². The SMILES string of the molecule is CCn1c(=O)c(C)nc2cc(C(=O)O[C@@H](C)C(=O)Nc3cccc(F)c3)ccc21. The average Bonchev–Trinajstić information content (AvgIpc) is 2.68. The number of benzene rings is 2. The molecule has 0 spiro atoms. The third-order valence-electron chi connectivity index (χ3n) is 4.41. The van der Waals surface area contributed by atoms with Crippen molar-refractivity contribution in [1.29, 1.82) is 0 Å². The van der Waals surface area contributed by atoms with Crippen molar-refractivity contribution < 1.29 is 18.7 Å². The molecule has 0 unspecified atom stereocenters. The number of hydrogen-bond donors (Lipinski definition) is 1. The minimum absolute atomic E-state index is 0.182. The van der Waals surface area contributed by atoms with E-state index < -0.39 is 23.8 Å². The summed E-state index contributed by atoms with van der Waals surface area (Å²) in [6, 6.07) is 10.1. The Kier molecular flexibility index (Phi) is 5.72. The standard InChI is InChI=1S/C21H20FN3O4/c1-4-25-18-9-8-14(10-17(18)23-12(2)20(25)27)21(28)29-13(3)19(26)24-16-7-5-6-15(22)11-16/h5-11,13H,4H2,1-3H3,(H,24,26)/t13-/m0/s1. The fourth-order valence-corrected chi connectivity index (χ4v) is 2.91. The predicted octanol–water partition coefficient (Wildman–Crippen LogP) is 3.05. The van der Waals surface area contributed by atoms with Crippen LogP contribution < -0.4 is 10.9 Å². The van der Waals surface area contributed by atoms with Gasteiger partial charge in [-0.05, 0) is 57.2 Å². The Labute approximate surface area is 166 Å². The molecule has 1 atom stereocenters. The van der Waals surface area contributed by atoms with E-state index in [0.717, 1.165) is 6.07 Å². The predicted molar refractivity (Wildman–Crippen MR) is 106 cm³/mol. The molecule has 2 aromatic carbocycles. The Morgan fingerprint density at radius 3 is 2.69 bits per heavy atom. The quantitative estimate of drug-likeness (QED) is 0.669. The molecule has 0 saturated heterocycles. The van der Waals surface area contributed by atoms with E-state index in [1.165, 1.54) is 37.3 Å². The number of hydrogen-bond acceptors (Lipinski definition) is 5. The van der Waals surface area contributed by atoms with Gasteiger partial charge in [-0.25, -0.2) is 14.2 Å². The van der Waals surface area contributed by atoms with Gasteiger partial charge in [-0.15, -0.1) is 0 Å². The molecular formula is C21H20FN3O4. The van der Waals surface area contributed by atoms with Crippen LogP contribution in [0.2, 0.25) is 0 Å². The Morgan fingerprint density at radius 1 is 1.24 bits per heavy atom. The third-order valence-corrected chi connectivity index (χ3v) is 4.41. The maximum absolute atomic E-state index is 13.2. The lowest BCUT2D eigenvalue weighted by Gasteiger charge is -2.14. The van der Waals surface area contributed by atoms with Crippen LogP contribution in [0, 0.1) is 12.7 Å². The summed E-state index contributed by atoms with van der Waals surface area (Å²) in [6.07, 6.45) is -1.10. The van der Waals surface area contributed by atoms with Crippen molar-refractivity contribution in [2.75, 3.05) is 5.32 Å². The first kappa shape index (κ1) is 20.2. The van der Waals surface area contributed by atoms with Gasteiger partial charge in [0, 0.05) is 12.2 Å². The largest absolute Gasteiger partial charge is 0.449 e. The van der Waals surface area contributed by atoms with Gasteiger partial charge in [0.2, 0.25) is 0 Å². The van der Waals surface area contributed by atoms with E-state index in [4.69, 9.17) is 4.74 Å². The number of halogens is 1. The summed E-state index contributed by atoms with van der Waals surface area (Å²) in [5, 5.41) is 2.49. The second-order valence-electron chi connectivity index (χ2n) is 6.50. The number of amides is 1. The lowest BCUT2D eigenvalue weighted by molar-refractivity contribution is -0.123. The van der Waals surface area contributed by atoms with Gasteiger partial charge in [0.15, 0.2) is 6.10 Å². The van der Waals surface area contributed by atoms with Crippen molar-refractivity contribution in [3.05, 3.63) is 69.9 Å². The van der Waals surface area contributed by atoms with Gasteiger partial charge in [-0.2, -0.15) is 0 Å². The van der Waals surface area contributed by atoms with E-state index >= 15 is 0 Å². The van der Waals surface area contributed by atoms with E-state index in [-0.39, 0.29) is 16.8 Å². The third kappa shape index (κ3) is 4.31. The number of carbonyl (C=O) groups is 2. The molecule has 1 heterocycles. The zero-order chi connectivity index (χ0) is 21.1. The fourth-order valence-electron chi connectivity index (χ4n) is 2.91. The first-order chi connectivity index (χ1) is 13.8. The number of aryl methyl sites for hydroxylation is 2. The lowest BCUT2D eigenvalue weighted by Crippen LogP contribution is -2.30. The van der Waals surface area contributed by atoms with Crippen molar-refractivity contribution in [1.82, 2.24) is 9.55 Å². The smallest absolute Gasteiger partial charge is 0.338 e. The second-order valence-corrected chi connectivity index (χ2v) is 6.50. The Balaban J connectivity index is 1.77. The van der Waals surface area contributed by atoms with Crippen molar-refractivity contribution in [2.45, 2.75) is 33.4 Å². The van der Waals surface area contributed by atoms with Crippen LogP contribution in [0.1, 0.15) is 29.9 Å². The monoisotopic (exact) mass is 397 g/mol. The van der Waals surface area contributed by atoms with Crippen LogP contribution in [-0.4, -0.2) is 27.5 Å². The summed E-state index contributed by atoms with van der Waals surface area (Å²) < 4.78 is 20.0. The Bertz CT molecular complexity index is 1160. The molecule has 29 heavy (non-hydrogen) atoms. The highest BCUT2D eigenvalue weighted by atomic mass is 19.1. The highest BCUT2D eigenvalue weighted by molar-refractivity contribution is 5.98. The van der Waals surface area contributed by atoms with E-state index in [2.05, 4.69) is 10.3 Å². The molecule has 8 heteroatoms. The average molecular weight is 397 g/mol. The van der Waals surface area contributed by atoms with Crippen molar-refractivity contribution in [3.8, 4) is 0 Å². The lowest BCUT2D eigenvalue weighted by atomic mass is 10.2. The molecule has 1 aromatic heterocycles. The number of esters is 1. The first-order valence-electron chi connectivity index (χ1n) is 9.08. The van der Waals surface area contributed by atoms with Gasteiger partial charge in [-0.3, -0.25) is 9.59 Å². The summed E-state index contributed by atoms with van der Waals surface area (Å²) in [6.45, 7) is 5.35. The zero-order valence-electron chi connectivity index (χ0n) is 16.2. The molecule has 0 bridgehead atoms. The molecule has 0 fully saturated rings. The van der Waals surface area contributed by atoms with Gasteiger partial charge in [0.25, 0.3) is 11.5 Å². The fraction of sp³-hybridized carbons (Fsp3) is 0.238. The number of carbonyl (C=O) groups excluding carboxylic acids is 2. The summed E-state index contributed by atoms with van der Waals surface area (Å²) in [5.41, 5.74) is 1.70. The van der Waals surface area contributed by atoms with E-state index in [1.807, 2.05) is 6.92 Å². The number of aromatic nitrogens is 2. The first-order valence-corrected chi connectivity index (χ1v) is 9.08. The molecule has 7 nitrogen and oxygen atoms in total. The van der Waals surface area contributed by atoms with Crippen molar-refractivity contribution in [3.63, 3.8) is 0 Å². The van der Waals surface area contributed by atoms with Crippen LogP contribution in [0.25, 0.3) is 11.0 Å². The van der Waals surface area contributed by atoms with Crippen molar-refractivity contribution >= 4 is 28.6 Å². The van der Waals surface area contributed by atoms with Gasteiger partial charge in [-0.1, -0.05) is 6.07 Å². The molecule has 1 N–H and O–H groups in total. The molecule has 0 saturated carbocycles. The molecule has 0 radical (unpaired) electrons. The van der Waals surface area contributed by atoms with Crippen LogP contribution in [-0.2, 0) is 16.1 Å². The van der Waals surface area contributed by atoms with Crippen LogP contribution in [0.4, 0.5) is 10.1 Å². The maximum atomic E-state index is 13.2. The number of nitrogens with one attached hydrogen (secondary N) is 1. The number of nitrogens with zero attached hydrogens (tertiary/aromatic N) is 2. The summed E-state index contributed by atoms with van der Waals surface area (Å²) in [4.78, 5) is 41.1. The van der Waals surface area contributed by atoms with Gasteiger partial charge in [0.05, 0.1) is 16.6 Å². The number of ether oxygens (including phenoxy) is 1.